The number of nitrogens with zero attached hydrogens (tertiary/aromatic N) is 4. The van der Waals surface area contributed by atoms with Gasteiger partial charge in [0, 0.05) is 25.7 Å². The van der Waals surface area contributed by atoms with Crippen LogP contribution in [0.4, 0.5) is 4.39 Å². The van der Waals surface area contributed by atoms with E-state index in [1.54, 1.807) is 18.3 Å². The van der Waals surface area contributed by atoms with Crippen LogP contribution in [0.3, 0.4) is 0 Å². The zero-order valence-corrected chi connectivity index (χ0v) is 15.8. The van der Waals surface area contributed by atoms with Crippen LogP contribution >= 0.6 is 0 Å². The zero-order valence-electron chi connectivity index (χ0n) is 15.8. The molecular formula is C21H23FN4O2. The predicted molar refractivity (Wildman–Crippen MR) is 101 cm³/mol. The van der Waals surface area contributed by atoms with Crippen molar-refractivity contribution in [3.05, 3.63) is 59.4 Å². The summed E-state index contributed by atoms with van der Waals surface area (Å²) in [4.78, 5) is 37.9. The number of carbonyl (C=O) groups excluding carboxylic acids is 2. The van der Waals surface area contributed by atoms with E-state index in [2.05, 4.69) is 9.97 Å². The minimum atomic E-state index is -0.291. The molecule has 3 heterocycles. The maximum Gasteiger partial charge on any atom is 0.274 e. The summed E-state index contributed by atoms with van der Waals surface area (Å²) < 4.78 is 13.2. The molecule has 0 spiro atoms. The third-order valence-corrected chi connectivity index (χ3v) is 5.65. The Bertz CT molecular complexity index is 869. The Hall–Kier alpha value is -2.83. The van der Waals surface area contributed by atoms with Gasteiger partial charge in [-0.05, 0) is 43.9 Å². The number of fused-ring (bicyclic) bond motifs is 1. The summed E-state index contributed by atoms with van der Waals surface area (Å²) in [7, 11) is 0. The Morgan fingerprint density at radius 1 is 1.14 bits per heavy atom. The van der Waals surface area contributed by atoms with Crippen molar-refractivity contribution < 1.29 is 14.0 Å². The lowest BCUT2D eigenvalue weighted by Gasteiger charge is -2.33. The number of amides is 2. The lowest BCUT2D eigenvalue weighted by molar-refractivity contribution is -0.133. The Balaban J connectivity index is 1.56. The number of halogens is 1. The molecule has 0 N–H and O–H groups in total. The van der Waals surface area contributed by atoms with Gasteiger partial charge < -0.3 is 9.80 Å². The summed E-state index contributed by atoms with van der Waals surface area (Å²) in [6.07, 6.45) is 5.87. The number of aromatic nitrogens is 2. The Labute approximate surface area is 163 Å². The van der Waals surface area contributed by atoms with Crippen molar-refractivity contribution >= 4 is 11.8 Å². The second-order valence-corrected chi connectivity index (χ2v) is 7.51. The van der Waals surface area contributed by atoms with Crippen molar-refractivity contribution in [3.63, 3.8) is 0 Å². The van der Waals surface area contributed by atoms with Gasteiger partial charge in [0.05, 0.1) is 24.0 Å². The van der Waals surface area contributed by atoms with E-state index in [0.717, 1.165) is 30.5 Å². The van der Waals surface area contributed by atoms with Crippen molar-refractivity contribution in [1.82, 2.24) is 19.8 Å². The van der Waals surface area contributed by atoms with Gasteiger partial charge in [0.2, 0.25) is 5.91 Å². The lowest BCUT2D eigenvalue weighted by Crippen LogP contribution is -2.47. The normalized spacial score (nSPS) is 22.1. The molecule has 4 rings (SSSR count). The topological polar surface area (TPSA) is 66.4 Å². The van der Waals surface area contributed by atoms with Gasteiger partial charge in [-0.25, -0.2) is 9.37 Å². The molecule has 2 aromatic rings. The van der Waals surface area contributed by atoms with Crippen molar-refractivity contribution in [2.45, 2.75) is 51.2 Å². The summed E-state index contributed by atoms with van der Waals surface area (Å²) >= 11 is 0. The predicted octanol–water partition coefficient (Wildman–Crippen LogP) is 2.72. The summed E-state index contributed by atoms with van der Waals surface area (Å²) in [6, 6.07) is 6.19. The molecule has 1 aromatic carbocycles. The van der Waals surface area contributed by atoms with Crippen LogP contribution < -0.4 is 0 Å². The van der Waals surface area contributed by atoms with Gasteiger partial charge >= 0.3 is 0 Å². The first kappa shape index (κ1) is 18.5. The zero-order chi connectivity index (χ0) is 19.7. The molecule has 2 fully saturated rings. The van der Waals surface area contributed by atoms with Crippen molar-refractivity contribution in [3.8, 4) is 0 Å². The van der Waals surface area contributed by atoms with E-state index in [-0.39, 0.29) is 29.7 Å². The first-order valence-corrected chi connectivity index (χ1v) is 9.66. The van der Waals surface area contributed by atoms with Crippen molar-refractivity contribution in [2.75, 3.05) is 6.54 Å². The number of hydrogen-bond donors (Lipinski definition) is 0. The highest BCUT2D eigenvalue weighted by atomic mass is 19.1. The highest BCUT2D eigenvalue weighted by Gasteiger charge is 2.43. The molecule has 0 aliphatic carbocycles. The first-order chi connectivity index (χ1) is 13.5. The molecule has 28 heavy (non-hydrogen) atoms. The Kier molecular flexibility index (Phi) is 5.07. The van der Waals surface area contributed by atoms with E-state index in [0.29, 0.717) is 25.2 Å². The molecule has 0 saturated carbocycles. The molecule has 146 valence electrons. The molecule has 7 heteroatoms. The summed E-state index contributed by atoms with van der Waals surface area (Å²) in [5.41, 5.74) is 2.00. The highest BCUT2D eigenvalue weighted by molar-refractivity contribution is 5.92. The molecule has 2 aliphatic rings. The van der Waals surface area contributed by atoms with Crippen molar-refractivity contribution in [1.29, 1.82) is 0 Å². The highest BCUT2D eigenvalue weighted by Crippen LogP contribution is 2.32. The number of rotatable bonds is 3. The van der Waals surface area contributed by atoms with Crippen LogP contribution in [0.1, 0.15) is 47.4 Å². The molecule has 1 aromatic heterocycles. The molecule has 0 unspecified atom stereocenters. The van der Waals surface area contributed by atoms with Gasteiger partial charge in [-0.15, -0.1) is 0 Å². The minimum Gasteiger partial charge on any atom is -0.333 e. The van der Waals surface area contributed by atoms with Gasteiger partial charge in [-0.2, -0.15) is 0 Å². The fraction of sp³-hybridized carbons (Fsp3) is 0.429. The fourth-order valence-electron chi connectivity index (χ4n) is 4.23. The van der Waals surface area contributed by atoms with Gasteiger partial charge in [-0.1, -0.05) is 12.1 Å². The van der Waals surface area contributed by atoms with E-state index >= 15 is 0 Å². The molecule has 0 radical (unpaired) electrons. The van der Waals surface area contributed by atoms with E-state index in [1.165, 1.54) is 18.3 Å². The van der Waals surface area contributed by atoms with Crippen LogP contribution in [0.25, 0.3) is 0 Å². The Morgan fingerprint density at radius 2 is 1.93 bits per heavy atom. The third kappa shape index (κ3) is 3.61. The number of likely N-dealkylation sites (tertiary alicyclic amines) is 2. The van der Waals surface area contributed by atoms with Crippen molar-refractivity contribution in [2.24, 2.45) is 0 Å². The third-order valence-electron chi connectivity index (χ3n) is 5.65. The van der Waals surface area contributed by atoms with Crippen LogP contribution in [0.5, 0.6) is 0 Å². The second kappa shape index (κ2) is 7.66. The van der Waals surface area contributed by atoms with Gasteiger partial charge in [0.15, 0.2) is 0 Å². The number of aryl methyl sites for hydroxylation is 1. The van der Waals surface area contributed by atoms with E-state index in [9.17, 15) is 14.0 Å². The largest absolute Gasteiger partial charge is 0.333 e. The molecule has 0 bridgehead atoms. The summed E-state index contributed by atoms with van der Waals surface area (Å²) in [5, 5.41) is 0. The SMILES string of the molecule is Cc1cnc(C(=O)N2CC[C@@H]3[C@H]2CCCC(=O)N3Cc2ccc(F)cc2)cn1. The first-order valence-electron chi connectivity index (χ1n) is 9.66. The molecule has 2 aliphatic heterocycles. The van der Waals surface area contributed by atoms with E-state index in [4.69, 9.17) is 0 Å². The van der Waals surface area contributed by atoms with Crippen LogP contribution in [-0.4, -0.2) is 50.2 Å². The number of hydrogen-bond acceptors (Lipinski definition) is 4. The quantitative estimate of drug-likeness (QED) is 0.819. The van der Waals surface area contributed by atoms with Crippen LogP contribution in [0, 0.1) is 12.7 Å². The Morgan fingerprint density at radius 3 is 2.64 bits per heavy atom. The number of carbonyl (C=O) groups is 2. The standard InChI is InChI=1S/C21H23FN4O2/c1-14-11-24-17(12-23-14)21(28)25-10-9-19-18(25)3-2-4-20(27)26(19)13-15-5-7-16(22)8-6-15/h5-8,11-12,18-19H,2-4,9-10,13H2,1H3/t18-,19-/m1/s1. The molecule has 2 saturated heterocycles. The lowest BCUT2D eigenvalue weighted by atomic mass is 10.0. The molecular weight excluding hydrogens is 359 g/mol. The minimum absolute atomic E-state index is 0.0255. The number of benzene rings is 1. The summed E-state index contributed by atoms with van der Waals surface area (Å²) in [6.45, 7) is 2.86. The molecule has 2 atom stereocenters. The monoisotopic (exact) mass is 382 g/mol. The smallest absolute Gasteiger partial charge is 0.274 e. The summed E-state index contributed by atoms with van der Waals surface area (Å²) in [5.74, 6) is -0.321. The average Bonchev–Trinajstić information content (AvgIpc) is 3.04. The maximum atomic E-state index is 13.2. The average molecular weight is 382 g/mol. The van der Waals surface area contributed by atoms with Gasteiger partial charge in [0.1, 0.15) is 11.5 Å². The fourth-order valence-corrected chi connectivity index (χ4v) is 4.23. The van der Waals surface area contributed by atoms with Crippen LogP contribution in [0.15, 0.2) is 36.7 Å². The van der Waals surface area contributed by atoms with Gasteiger partial charge in [-0.3, -0.25) is 14.6 Å². The molecule has 6 nitrogen and oxygen atoms in total. The second-order valence-electron chi connectivity index (χ2n) is 7.51. The van der Waals surface area contributed by atoms with E-state index in [1.807, 2.05) is 16.7 Å². The van der Waals surface area contributed by atoms with Crippen LogP contribution in [0.2, 0.25) is 0 Å². The van der Waals surface area contributed by atoms with E-state index < -0.39 is 0 Å². The maximum absolute atomic E-state index is 13.2. The van der Waals surface area contributed by atoms with Crippen LogP contribution in [-0.2, 0) is 11.3 Å². The molecule has 2 amide bonds. The van der Waals surface area contributed by atoms with Gasteiger partial charge in [0.25, 0.3) is 5.91 Å².